The first kappa shape index (κ1) is 52.0. The van der Waals surface area contributed by atoms with Gasteiger partial charge < -0.3 is 20.1 Å². The second-order valence-corrected chi connectivity index (χ2v) is 15.7. The number of unbranched alkanes of at least 4 members (excludes halogenated alkanes) is 19. The highest BCUT2D eigenvalue weighted by Gasteiger charge is 2.26. The largest absolute Gasteiger partial charge is 0.472 e. The predicted molar refractivity (Wildman–Crippen MR) is 224 cm³/mol. The highest BCUT2D eigenvalue weighted by Crippen LogP contribution is 2.43. The summed E-state index contributed by atoms with van der Waals surface area (Å²) < 4.78 is 32.7. The van der Waals surface area contributed by atoms with Crippen molar-refractivity contribution in [1.29, 1.82) is 0 Å². The molecular weight excluding hydrogens is 701 g/mol. The second-order valence-electron chi connectivity index (χ2n) is 14.2. The van der Waals surface area contributed by atoms with E-state index in [4.69, 9.17) is 24.3 Å². The van der Waals surface area contributed by atoms with Crippen LogP contribution in [0.25, 0.3) is 0 Å². The maximum absolute atomic E-state index is 12.6. The van der Waals surface area contributed by atoms with E-state index in [-0.39, 0.29) is 32.6 Å². The van der Waals surface area contributed by atoms with E-state index < -0.39 is 32.5 Å². The van der Waals surface area contributed by atoms with Crippen LogP contribution < -0.4 is 5.73 Å². The van der Waals surface area contributed by atoms with Crippen LogP contribution in [0.2, 0.25) is 0 Å². The first-order chi connectivity index (χ1) is 26.3. The quantitative estimate of drug-likeness (QED) is 0.0269. The van der Waals surface area contributed by atoms with Crippen LogP contribution in [0.3, 0.4) is 0 Å². The van der Waals surface area contributed by atoms with Crippen molar-refractivity contribution in [2.45, 2.75) is 193 Å². The van der Waals surface area contributed by atoms with Gasteiger partial charge in [-0.25, -0.2) is 4.57 Å². The number of esters is 2. The Balaban J connectivity index is 4.23. The average Bonchev–Trinajstić information content (AvgIpc) is 3.16. The van der Waals surface area contributed by atoms with Gasteiger partial charge in [0.25, 0.3) is 0 Å². The number of carbonyl (C=O) groups excluding carboxylic acids is 2. The third kappa shape index (κ3) is 39.7. The van der Waals surface area contributed by atoms with Gasteiger partial charge in [0.15, 0.2) is 6.10 Å². The van der Waals surface area contributed by atoms with Crippen LogP contribution in [-0.2, 0) is 32.7 Å². The van der Waals surface area contributed by atoms with E-state index >= 15 is 0 Å². The van der Waals surface area contributed by atoms with Crippen molar-refractivity contribution in [1.82, 2.24) is 0 Å². The Kier molecular flexibility index (Phi) is 39.1. The van der Waals surface area contributed by atoms with Crippen molar-refractivity contribution in [3.8, 4) is 0 Å². The summed E-state index contributed by atoms with van der Waals surface area (Å²) in [5.74, 6) is -0.863. The van der Waals surface area contributed by atoms with Crippen molar-refractivity contribution >= 4 is 19.8 Å². The molecule has 54 heavy (non-hydrogen) atoms. The molecule has 0 rings (SSSR count). The van der Waals surface area contributed by atoms with Crippen molar-refractivity contribution in [3.63, 3.8) is 0 Å². The van der Waals surface area contributed by atoms with Crippen LogP contribution in [0.4, 0.5) is 0 Å². The number of allylic oxidation sites excluding steroid dienone is 8. The molecule has 10 heteroatoms. The second kappa shape index (κ2) is 40.6. The van der Waals surface area contributed by atoms with E-state index in [0.29, 0.717) is 6.42 Å². The van der Waals surface area contributed by atoms with Crippen molar-refractivity contribution in [3.05, 3.63) is 48.6 Å². The maximum atomic E-state index is 12.6. The first-order valence-electron chi connectivity index (χ1n) is 21.6. The minimum Gasteiger partial charge on any atom is -0.462 e. The number of phosphoric ester groups is 1. The summed E-state index contributed by atoms with van der Waals surface area (Å²) in [5, 5.41) is 0. The topological polar surface area (TPSA) is 134 Å². The van der Waals surface area contributed by atoms with Crippen LogP contribution in [0.1, 0.15) is 187 Å². The van der Waals surface area contributed by atoms with E-state index in [1.165, 1.54) is 96.3 Å². The molecule has 0 aliphatic heterocycles. The molecule has 0 saturated carbocycles. The fourth-order valence-electron chi connectivity index (χ4n) is 5.73. The van der Waals surface area contributed by atoms with E-state index in [9.17, 15) is 19.0 Å². The molecule has 2 atom stereocenters. The lowest BCUT2D eigenvalue weighted by Gasteiger charge is -2.19. The van der Waals surface area contributed by atoms with Crippen LogP contribution in [0.5, 0.6) is 0 Å². The average molecular weight is 782 g/mol. The SMILES string of the molecule is CCCCC/C=C/C/C=C/C/C=C/C/C=C/CCCCCC(=O)O[C@H](COC(=O)CCCCCCCCCCCCCCCC)COP(=O)(O)OCCN. The molecule has 1 unspecified atom stereocenters. The number of phosphoric acid groups is 1. The van der Waals surface area contributed by atoms with Crippen molar-refractivity contribution < 1.29 is 37.6 Å². The highest BCUT2D eigenvalue weighted by molar-refractivity contribution is 7.47. The zero-order valence-electron chi connectivity index (χ0n) is 34.4. The molecule has 0 heterocycles. The third-order valence-corrected chi connectivity index (χ3v) is 9.95. The van der Waals surface area contributed by atoms with E-state index in [1.807, 2.05) is 0 Å². The number of rotatable bonds is 40. The molecule has 0 spiro atoms. The molecule has 0 aliphatic carbocycles. The molecule has 9 nitrogen and oxygen atoms in total. The van der Waals surface area contributed by atoms with Gasteiger partial charge in [-0.1, -0.05) is 165 Å². The summed E-state index contributed by atoms with van der Waals surface area (Å²) in [6.07, 6.45) is 45.6. The Morgan fingerprint density at radius 2 is 0.963 bits per heavy atom. The number of hydrogen-bond donors (Lipinski definition) is 2. The molecule has 0 fully saturated rings. The van der Waals surface area contributed by atoms with E-state index in [0.717, 1.165) is 57.8 Å². The molecule has 0 amide bonds. The van der Waals surface area contributed by atoms with Crippen LogP contribution in [0, 0.1) is 0 Å². The van der Waals surface area contributed by atoms with Crippen LogP contribution in [-0.4, -0.2) is 49.3 Å². The number of hydrogen-bond acceptors (Lipinski definition) is 8. The Bertz CT molecular complexity index is 1030. The molecule has 0 radical (unpaired) electrons. The smallest absolute Gasteiger partial charge is 0.462 e. The lowest BCUT2D eigenvalue weighted by atomic mass is 10.0. The fraction of sp³-hybridized carbons (Fsp3) is 0.773. The summed E-state index contributed by atoms with van der Waals surface area (Å²) in [4.78, 5) is 34.8. The molecule has 314 valence electrons. The van der Waals surface area contributed by atoms with Gasteiger partial charge in [-0.05, 0) is 57.8 Å². The van der Waals surface area contributed by atoms with Crippen molar-refractivity contribution in [2.24, 2.45) is 5.73 Å². The van der Waals surface area contributed by atoms with Crippen molar-refractivity contribution in [2.75, 3.05) is 26.4 Å². The van der Waals surface area contributed by atoms with Gasteiger partial charge in [-0.15, -0.1) is 0 Å². The minimum atomic E-state index is -4.38. The Labute approximate surface area is 330 Å². The van der Waals surface area contributed by atoms with Crippen LogP contribution >= 0.6 is 7.82 Å². The van der Waals surface area contributed by atoms with E-state index in [1.54, 1.807) is 0 Å². The predicted octanol–water partition coefficient (Wildman–Crippen LogP) is 12.3. The Morgan fingerprint density at radius 1 is 0.556 bits per heavy atom. The minimum absolute atomic E-state index is 0.0472. The molecule has 0 saturated heterocycles. The highest BCUT2D eigenvalue weighted by atomic mass is 31.2. The van der Waals surface area contributed by atoms with Gasteiger partial charge >= 0.3 is 19.8 Å². The van der Waals surface area contributed by atoms with Crippen LogP contribution in [0.15, 0.2) is 48.6 Å². The summed E-state index contributed by atoms with van der Waals surface area (Å²) >= 11 is 0. The van der Waals surface area contributed by atoms with Gasteiger partial charge in [0.1, 0.15) is 6.61 Å². The Hall–Kier alpha value is -2.03. The number of nitrogens with two attached hydrogens (primary N) is 1. The summed E-state index contributed by atoms with van der Waals surface area (Å²) in [5.41, 5.74) is 5.34. The molecular formula is C44H80NO8P. The van der Waals surface area contributed by atoms with Gasteiger partial charge in [0, 0.05) is 19.4 Å². The fourth-order valence-corrected chi connectivity index (χ4v) is 6.50. The molecule has 0 aromatic rings. The zero-order valence-corrected chi connectivity index (χ0v) is 35.3. The summed E-state index contributed by atoms with van der Waals surface area (Å²) in [7, 11) is -4.38. The molecule has 3 N–H and O–H groups in total. The number of ether oxygens (including phenoxy) is 2. The van der Waals surface area contributed by atoms with Gasteiger partial charge in [-0.3, -0.25) is 18.6 Å². The molecule has 0 aromatic heterocycles. The van der Waals surface area contributed by atoms with Gasteiger partial charge in [0.2, 0.25) is 0 Å². The lowest BCUT2D eigenvalue weighted by Crippen LogP contribution is -2.29. The molecule has 0 aliphatic rings. The monoisotopic (exact) mass is 782 g/mol. The van der Waals surface area contributed by atoms with Gasteiger partial charge in [0.05, 0.1) is 13.2 Å². The lowest BCUT2D eigenvalue weighted by molar-refractivity contribution is -0.161. The summed E-state index contributed by atoms with van der Waals surface area (Å²) in [6.45, 7) is 3.67. The standard InChI is InChI=1S/C44H80NO8P/c1-3-5-7-9-11-13-15-17-19-20-21-22-23-25-27-29-31-33-35-37-44(47)53-42(41-52-54(48,49)51-39-38-45)40-50-43(46)36-34-32-30-28-26-24-18-16-14-12-10-8-6-4-2/h11,13,17,19,21-22,25,27,42H,3-10,12,14-16,18,20,23-24,26,28-41,45H2,1-2H3,(H,48,49)/b13-11+,19-17+,22-21+,27-25+/t42-/m1/s1. The summed E-state index contributed by atoms with van der Waals surface area (Å²) in [6, 6.07) is 0. The molecule has 0 aromatic carbocycles. The molecule has 0 bridgehead atoms. The van der Waals surface area contributed by atoms with E-state index in [2.05, 4.69) is 62.5 Å². The normalized spacial score (nSPS) is 13.8. The van der Waals surface area contributed by atoms with Gasteiger partial charge in [-0.2, -0.15) is 0 Å². The Morgan fingerprint density at radius 3 is 1.46 bits per heavy atom. The zero-order chi connectivity index (χ0) is 39.6. The first-order valence-corrected chi connectivity index (χ1v) is 23.1. The number of carbonyl (C=O) groups is 2. The maximum Gasteiger partial charge on any atom is 0.472 e. The third-order valence-electron chi connectivity index (χ3n) is 8.97.